The first-order chi connectivity index (χ1) is 12.1. The molecule has 1 aromatic rings. The first kappa shape index (κ1) is 19.2. The van der Waals surface area contributed by atoms with Gasteiger partial charge in [-0.1, -0.05) is 18.2 Å². The lowest BCUT2D eigenvalue weighted by molar-refractivity contribution is -0.143. The SMILES string of the molecule is C=CC(Cc1ccc(NC(=O)CCC2CCNCC2)cc1)C(=O)OC. The van der Waals surface area contributed by atoms with Gasteiger partial charge in [-0.15, -0.1) is 6.58 Å². The van der Waals surface area contributed by atoms with Crippen molar-refractivity contribution >= 4 is 17.6 Å². The molecule has 5 nitrogen and oxygen atoms in total. The summed E-state index contributed by atoms with van der Waals surface area (Å²) in [5.41, 5.74) is 1.79. The third-order valence-electron chi connectivity index (χ3n) is 4.72. The van der Waals surface area contributed by atoms with E-state index in [-0.39, 0.29) is 17.8 Å². The average Bonchev–Trinajstić information content (AvgIpc) is 2.66. The molecule has 136 valence electrons. The number of hydrogen-bond donors (Lipinski definition) is 2. The van der Waals surface area contributed by atoms with Crippen LogP contribution < -0.4 is 10.6 Å². The van der Waals surface area contributed by atoms with E-state index in [1.54, 1.807) is 6.08 Å². The fourth-order valence-corrected chi connectivity index (χ4v) is 3.12. The molecule has 1 unspecified atom stereocenters. The minimum Gasteiger partial charge on any atom is -0.469 e. The van der Waals surface area contributed by atoms with Crippen LogP contribution in [0.15, 0.2) is 36.9 Å². The van der Waals surface area contributed by atoms with Crippen molar-refractivity contribution in [2.75, 3.05) is 25.5 Å². The molecule has 0 spiro atoms. The lowest BCUT2D eigenvalue weighted by Crippen LogP contribution is -2.28. The number of amides is 1. The van der Waals surface area contributed by atoms with E-state index < -0.39 is 0 Å². The quantitative estimate of drug-likeness (QED) is 0.562. The van der Waals surface area contributed by atoms with E-state index in [0.29, 0.717) is 18.8 Å². The Bertz CT molecular complexity index is 577. The maximum Gasteiger partial charge on any atom is 0.312 e. The number of methoxy groups -OCH3 is 1. The Hall–Kier alpha value is -2.14. The molecular weight excluding hydrogens is 316 g/mol. The molecule has 0 saturated carbocycles. The first-order valence-electron chi connectivity index (χ1n) is 8.92. The molecule has 1 aliphatic rings. The van der Waals surface area contributed by atoms with Gasteiger partial charge in [-0.3, -0.25) is 9.59 Å². The summed E-state index contributed by atoms with van der Waals surface area (Å²) in [6.07, 6.45) is 5.97. The largest absolute Gasteiger partial charge is 0.469 e. The van der Waals surface area contributed by atoms with Gasteiger partial charge in [0, 0.05) is 12.1 Å². The Kier molecular flexibility index (Phi) is 7.67. The Morgan fingerprint density at radius 3 is 2.60 bits per heavy atom. The second-order valence-corrected chi connectivity index (χ2v) is 6.55. The van der Waals surface area contributed by atoms with Crippen LogP contribution in [0.25, 0.3) is 0 Å². The van der Waals surface area contributed by atoms with Crippen molar-refractivity contribution < 1.29 is 14.3 Å². The number of esters is 1. The molecule has 2 rings (SSSR count). The van der Waals surface area contributed by atoms with Crippen molar-refractivity contribution in [2.45, 2.75) is 32.1 Å². The van der Waals surface area contributed by atoms with Crippen LogP contribution in [-0.2, 0) is 20.7 Å². The molecule has 0 aromatic heterocycles. The highest BCUT2D eigenvalue weighted by atomic mass is 16.5. The third-order valence-corrected chi connectivity index (χ3v) is 4.72. The third kappa shape index (κ3) is 6.35. The Morgan fingerprint density at radius 1 is 1.32 bits per heavy atom. The normalized spacial score (nSPS) is 16.0. The van der Waals surface area contributed by atoms with E-state index in [9.17, 15) is 9.59 Å². The lowest BCUT2D eigenvalue weighted by atomic mass is 9.93. The summed E-state index contributed by atoms with van der Waals surface area (Å²) in [5.74, 6) is 0.0778. The molecule has 1 aliphatic heterocycles. The highest BCUT2D eigenvalue weighted by Gasteiger charge is 2.16. The molecule has 1 saturated heterocycles. The van der Waals surface area contributed by atoms with Gasteiger partial charge in [0.05, 0.1) is 13.0 Å². The van der Waals surface area contributed by atoms with Crippen LogP contribution in [0.3, 0.4) is 0 Å². The van der Waals surface area contributed by atoms with E-state index >= 15 is 0 Å². The monoisotopic (exact) mass is 344 g/mol. The second kappa shape index (κ2) is 9.99. The van der Waals surface area contributed by atoms with Crippen LogP contribution in [0.4, 0.5) is 5.69 Å². The molecule has 1 heterocycles. The van der Waals surface area contributed by atoms with E-state index in [0.717, 1.165) is 43.6 Å². The van der Waals surface area contributed by atoms with Crippen LogP contribution >= 0.6 is 0 Å². The Morgan fingerprint density at radius 2 is 2.00 bits per heavy atom. The smallest absolute Gasteiger partial charge is 0.312 e. The standard InChI is InChI=1S/C20H28N2O3/c1-3-17(20(24)25-2)14-16-4-7-18(8-5-16)22-19(23)9-6-15-10-12-21-13-11-15/h3-5,7-8,15,17,21H,1,6,9-14H2,2H3,(H,22,23). The molecule has 1 aromatic carbocycles. The average molecular weight is 344 g/mol. The molecule has 1 amide bonds. The molecule has 25 heavy (non-hydrogen) atoms. The van der Waals surface area contributed by atoms with E-state index in [2.05, 4.69) is 17.2 Å². The number of carbonyl (C=O) groups is 2. The van der Waals surface area contributed by atoms with E-state index in [1.807, 2.05) is 24.3 Å². The molecule has 0 radical (unpaired) electrons. The lowest BCUT2D eigenvalue weighted by Gasteiger charge is -2.22. The van der Waals surface area contributed by atoms with Crippen LogP contribution in [0.1, 0.15) is 31.2 Å². The van der Waals surface area contributed by atoms with Gasteiger partial charge in [0.25, 0.3) is 0 Å². The van der Waals surface area contributed by atoms with Crippen molar-refractivity contribution in [3.05, 3.63) is 42.5 Å². The van der Waals surface area contributed by atoms with Crippen molar-refractivity contribution in [3.8, 4) is 0 Å². The van der Waals surface area contributed by atoms with Gasteiger partial charge in [0.2, 0.25) is 5.91 Å². The number of benzene rings is 1. The molecule has 0 bridgehead atoms. The predicted molar refractivity (Wildman–Crippen MR) is 99.3 cm³/mol. The molecule has 1 atom stereocenters. The van der Waals surface area contributed by atoms with Crippen molar-refractivity contribution in [3.63, 3.8) is 0 Å². The number of nitrogens with one attached hydrogen (secondary N) is 2. The number of carbonyl (C=O) groups excluding carboxylic acids is 2. The summed E-state index contributed by atoms with van der Waals surface area (Å²) in [7, 11) is 1.38. The topological polar surface area (TPSA) is 67.4 Å². The zero-order chi connectivity index (χ0) is 18.1. The molecular formula is C20H28N2O3. The number of ether oxygens (including phenoxy) is 1. The molecule has 1 fully saturated rings. The van der Waals surface area contributed by atoms with Gasteiger partial charge in [0.1, 0.15) is 0 Å². The van der Waals surface area contributed by atoms with Gasteiger partial charge < -0.3 is 15.4 Å². The zero-order valence-corrected chi connectivity index (χ0v) is 14.9. The highest BCUT2D eigenvalue weighted by molar-refractivity contribution is 5.90. The van der Waals surface area contributed by atoms with Gasteiger partial charge in [-0.2, -0.15) is 0 Å². The summed E-state index contributed by atoms with van der Waals surface area (Å²) in [6, 6.07) is 7.58. The summed E-state index contributed by atoms with van der Waals surface area (Å²) in [4.78, 5) is 23.7. The molecule has 5 heteroatoms. The van der Waals surface area contributed by atoms with Crippen LogP contribution in [0.5, 0.6) is 0 Å². The summed E-state index contributed by atoms with van der Waals surface area (Å²) in [5, 5.41) is 6.28. The second-order valence-electron chi connectivity index (χ2n) is 6.55. The number of piperidine rings is 1. The predicted octanol–water partition coefficient (Wildman–Crippen LogP) is 2.92. The Labute approximate surface area is 149 Å². The summed E-state index contributed by atoms with van der Waals surface area (Å²) >= 11 is 0. The fraction of sp³-hybridized carbons (Fsp3) is 0.500. The van der Waals surface area contributed by atoms with Crippen molar-refractivity contribution in [2.24, 2.45) is 11.8 Å². The minimum absolute atomic E-state index is 0.0600. The minimum atomic E-state index is -0.351. The summed E-state index contributed by atoms with van der Waals surface area (Å²) < 4.78 is 4.76. The highest BCUT2D eigenvalue weighted by Crippen LogP contribution is 2.19. The van der Waals surface area contributed by atoms with Crippen molar-refractivity contribution in [1.29, 1.82) is 0 Å². The number of anilines is 1. The van der Waals surface area contributed by atoms with Gasteiger partial charge in [-0.25, -0.2) is 0 Å². The number of rotatable bonds is 8. The Balaban J connectivity index is 1.79. The van der Waals surface area contributed by atoms with E-state index in [1.165, 1.54) is 7.11 Å². The van der Waals surface area contributed by atoms with Crippen molar-refractivity contribution in [1.82, 2.24) is 5.32 Å². The maximum atomic E-state index is 12.1. The molecule has 0 aliphatic carbocycles. The maximum absolute atomic E-state index is 12.1. The van der Waals surface area contributed by atoms with Gasteiger partial charge in [0.15, 0.2) is 0 Å². The fourth-order valence-electron chi connectivity index (χ4n) is 3.12. The number of hydrogen-bond acceptors (Lipinski definition) is 4. The van der Waals surface area contributed by atoms with Crippen LogP contribution in [0, 0.1) is 11.8 Å². The van der Waals surface area contributed by atoms with Gasteiger partial charge >= 0.3 is 5.97 Å². The van der Waals surface area contributed by atoms with E-state index in [4.69, 9.17) is 4.74 Å². The molecule has 2 N–H and O–H groups in total. The summed E-state index contributed by atoms with van der Waals surface area (Å²) in [6.45, 7) is 5.80. The zero-order valence-electron chi connectivity index (χ0n) is 14.9. The first-order valence-corrected chi connectivity index (χ1v) is 8.92. The van der Waals surface area contributed by atoms with Gasteiger partial charge in [-0.05, 0) is 62.4 Å². The van der Waals surface area contributed by atoms with Crippen LogP contribution in [0.2, 0.25) is 0 Å². The van der Waals surface area contributed by atoms with Crippen LogP contribution in [-0.4, -0.2) is 32.1 Å².